The minimum absolute atomic E-state index is 0. The number of aromatic amines is 1. The molecule has 0 unspecified atom stereocenters. The average molecular weight is 372 g/mol. The molecule has 1 aromatic heterocycles. The van der Waals surface area contributed by atoms with E-state index in [0.29, 0.717) is 5.69 Å². The molecule has 0 aliphatic carbocycles. The monoisotopic (exact) mass is 371 g/mol. The van der Waals surface area contributed by atoms with Gasteiger partial charge in [0.1, 0.15) is 5.69 Å². The number of amides is 1. The van der Waals surface area contributed by atoms with Gasteiger partial charge in [-0.2, -0.15) is 0 Å². The molecule has 3 aromatic rings. The molecule has 5 N–H and O–H groups in total. The summed E-state index contributed by atoms with van der Waals surface area (Å²) in [5.41, 5.74) is 8.91. The fourth-order valence-electron chi connectivity index (χ4n) is 2.64. The van der Waals surface area contributed by atoms with Gasteiger partial charge in [0.15, 0.2) is 5.96 Å². The zero-order chi connectivity index (χ0) is 17.8. The van der Waals surface area contributed by atoms with E-state index < -0.39 is 0 Å². The van der Waals surface area contributed by atoms with Crippen LogP contribution >= 0.6 is 12.4 Å². The number of nitrogens with one attached hydrogen (secondary N) is 3. The Morgan fingerprint density at radius 2 is 1.92 bits per heavy atom. The first-order chi connectivity index (χ1) is 12.0. The fourth-order valence-corrected chi connectivity index (χ4v) is 2.64. The molecule has 6 nitrogen and oxygen atoms in total. The molecule has 3 rings (SSSR count). The van der Waals surface area contributed by atoms with Crippen LogP contribution in [0.15, 0.2) is 54.6 Å². The summed E-state index contributed by atoms with van der Waals surface area (Å²) in [7, 11) is 1.48. The van der Waals surface area contributed by atoms with Gasteiger partial charge in [-0.1, -0.05) is 36.4 Å². The summed E-state index contributed by atoms with van der Waals surface area (Å²) in [6.07, 6.45) is 0.941. The molecule has 0 saturated heterocycles. The number of guanidine groups is 1. The third kappa shape index (κ3) is 4.34. The number of H-pyrrole nitrogens is 1. The number of fused-ring (bicyclic) bond motifs is 1. The molecule has 7 heteroatoms. The molecular formula is C19H22ClN5O. The first-order valence-corrected chi connectivity index (χ1v) is 8.07. The van der Waals surface area contributed by atoms with Crippen LogP contribution in [-0.4, -0.2) is 35.3 Å². The van der Waals surface area contributed by atoms with E-state index in [1.54, 1.807) is 6.07 Å². The highest BCUT2D eigenvalue weighted by molar-refractivity contribution is 6.05. The van der Waals surface area contributed by atoms with Crippen LogP contribution in [0, 0.1) is 5.41 Å². The Balaban J connectivity index is 0.00000243. The summed E-state index contributed by atoms with van der Waals surface area (Å²) in [5.74, 6) is -0.616. The number of aromatic nitrogens is 1. The predicted octanol–water partition coefficient (Wildman–Crippen LogP) is 3.21. The van der Waals surface area contributed by atoms with Gasteiger partial charge in [0.2, 0.25) is 0 Å². The van der Waals surface area contributed by atoms with Crippen LogP contribution in [-0.2, 0) is 6.42 Å². The van der Waals surface area contributed by atoms with E-state index in [1.165, 1.54) is 12.6 Å². The van der Waals surface area contributed by atoms with Gasteiger partial charge < -0.3 is 16.0 Å². The number of hydrogen-bond donors (Lipinski definition) is 4. The van der Waals surface area contributed by atoms with Crippen molar-refractivity contribution in [1.29, 1.82) is 5.41 Å². The Hall–Kier alpha value is -2.99. The van der Waals surface area contributed by atoms with Crippen molar-refractivity contribution in [3.63, 3.8) is 0 Å². The van der Waals surface area contributed by atoms with Gasteiger partial charge in [-0.05, 0) is 30.2 Å². The quantitative estimate of drug-likeness (QED) is 0.409. The van der Waals surface area contributed by atoms with E-state index in [9.17, 15) is 4.79 Å². The van der Waals surface area contributed by atoms with Crippen molar-refractivity contribution in [2.24, 2.45) is 5.73 Å². The number of anilines is 1. The average Bonchev–Trinajstić information content (AvgIpc) is 3.04. The number of hydrogen-bond acceptors (Lipinski definition) is 3. The zero-order valence-corrected chi connectivity index (χ0v) is 15.3. The number of rotatable bonds is 5. The highest BCUT2D eigenvalue weighted by atomic mass is 35.5. The van der Waals surface area contributed by atoms with Gasteiger partial charge in [-0.3, -0.25) is 15.1 Å². The first kappa shape index (κ1) is 19.3. The van der Waals surface area contributed by atoms with E-state index in [-0.39, 0.29) is 24.3 Å². The highest BCUT2D eigenvalue weighted by Gasteiger charge is 2.16. The van der Waals surface area contributed by atoms with Gasteiger partial charge in [0.05, 0.1) is 0 Å². The number of benzene rings is 2. The van der Waals surface area contributed by atoms with Crippen LogP contribution in [0.5, 0.6) is 0 Å². The van der Waals surface area contributed by atoms with Gasteiger partial charge in [-0.25, -0.2) is 0 Å². The molecule has 0 aliphatic heterocycles. The second-order valence-electron chi connectivity index (χ2n) is 5.90. The SMILES string of the molecule is CN(C(=N)N)C(=O)c1cc2ccc(NCCc3ccccc3)cc2[nH]1.Cl. The largest absolute Gasteiger partial charge is 0.385 e. The van der Waals surface area contributed by atoms with Crippen LogP contribution < -0.4 is 11.1 Å². The number of carbonyl (C=O) groups excluding carboxylic acids is 1. The molecule has 1 amide bonds. The minimum atomic E-state index is -0.331. The Morgan fingerprint density at radius 1 is 1.19 bits per heavy atom. The number of nitrogens with zero attached hydrogens (tertiary/aromatic N) is 1. The lowest BCUT2D eigenvalue weighted by atomic mass is 10.1. The van der Waals surface area contributed by atoms with Crippen LogP contribution in [0.1, 0.15) is 16.1 Å². The lowest BCUT2D eigenvalue weighted by Gasteiger charge is -2.12. The maximum atomic E-state index is 12.2. The summed E-state index contributed by atoms with van der Waals surface area (Å²) >= 11 is 0. The van der Waals surface area contributed by atoms with Crippen LogP contribution in [0.3, 0.4) is 0 Å². The minimum Gasteiger partial charge on any atom is -0.385 e. The Morgan fingerprint density at radius 3 is 2.62 bits per heavy atom. The van der Waals surface area contributed by atoms with Crippen molar-refractivity contribution in [3.05, 3.63) is 65.9 Å². The van der Waals surface area contributed by atoms with E-state index in [4.69, 9.17) is 11.1 Å². The van der Waals surface area contributed by atoms with Crippen LogP contribution in [0.2, 0.25) is 0 Å². The molecule has 0 aliphatic rings. The Bertz CT molecular complexity index is 907. The fraction of sp³-hybridized carbons (Fsp3) is 0.158. The zero-order valence-electron chi connectivity index (χ0n) is 14.5. The molecule has 26 heavy (non-hydrogen) atoms. The molecule has 0 atom stereocenters. The standard InChI is InChI=1S/C19H21N5O.ClH/c1-24(19(20)21)18(25)17-11-14-7-8-15(12-16(14)23-17)22-10-9-13-5-3-2-4-6-13;/h2-8,11-12,22-23H,9-10H2,1H3,(H3,20,21);1H. The van der Waals surface area contributed by atoms with E-state index in [2.05, 4.69) is 22.4 Å². The summed E-state index contributed by atoms with van der Waals surface area (Å²) < 4.78 is 0. The lowest BCUT2D eigenvalue weighted by Crippen LogP contribution is -2.38. The van der Waals surface area contributed by atoms with E-state index >= 15 is 0 Å². The molecule has 0 spiro atoms. The summed E-state index contributed by atoms with van der Waals surface area (Å²) in [4.78, 5) is 16.4. The molecule has 0 radical (unpaired) electrons. The molecule has 0 bridgehead atoms. The molecule has 136 valence electrons. The van der Waals surface area contributed by atoms with E-state index in [0.717, 1.165) is 34.5 Å². The summed E-state index contributed by atoms with van der Waals surface area (Å²) in [6.45, 7) is 0.828. The molecule has 1 heterocycles. The lowest BCUT2D eigenvalue weighted by molar-refractivity contribution is 0.0864. The summed E-state index contributed by atoms with van der Waals surface area (Å²) in [6, 6.07) is 18.0. The molecule has 2 aromatic carbocycles. The predicted molar refractivity (Wildman–Crippen MR) is 108 cm³/mol. The molecule has 0 saturated carbocycles. The smallest absolute Gasteiger partial charge is 0.276 e. The molecule has 0 fully saturated rings. The van der Waals surface area contributed by atoms with Gasteiger partial charge in [-0.15, -0.1) is 12.4 Å². The van der Waals surface area contributed by atoms with Crippen LogP contribution in [0.25, 0.3) is 10.9 Å². The maximum Gasteiger partial charge on any atom is 0.276 e. The summed E-state index contributed by atoms with van der Waals surface area (Å²) in [5, 5.41) is 11.7. The third-order valence-corrected chi connectivity index (χ3v) is 4.10. The van der Waals surface area contributed by atoms with Gasteiger partial charge >= 0.3 is 0 Å². The van der Waals surface area contributed by atoms with Gasteiger partial charge in [0, 0.05) is 30.2 Å². The van der Waals surface area contributed by atoms with Crippen molar-refractivity contribution in [2.45, 2.75) is 6.42 Å². The third-order valence-electron chi connectivity index (χ3n) is 4.10. The van der Waals surface area contributed by atoms with E-state index in [1.807, 2.05) is 36.4 Å². The highest BCUT2D eigenvalue weighted by Crippen LogP contribution is 2.20. The second kappa shape index (κ2) is 8.40. The Labute approximate surface area is 158 Å². The van der Waals surface area contributed by atoms with Gasteiger partial charge in [0.25, 0.3) is 5.91 Å². The molecular weight excluding hydrogens is 350 g/mol. The first-order valence-electron chi connectivity index (χ1n) is 8.07. The van der Waals surface area contributed by atoms with Crippen molar-refractivity contribution in [1.82, 2.24) is 9.88 Å². The number of nitrogens with two attached hydrogens (primary N) is 1. The van der Waals surface area contributed by atoms with Crippen molar-refractivity contribution in [3.8, 4) is 0 Å². The van der Waals surface area contributed by atoms with Crippen LogP contribution in [0.4, 0.5) is 5.69 Å². The van der Waals surface area contributed by atoms with Crippen molar-refractivity contribution in [2.75, 3.05) is 18.9 Å². The maximum absolute atomic E-state index is 12.2. The second-order valence-corrected chi connectivity index (χ2v) is 5.90. The Kier molecular flexibility index (Phi) is 6.25. The normalized spacial score (nSPS) is 10.2. The van der Waals surface area contributed by atoms with Crippen molar-refractivity contribution >= 4 is 40.9 Å². The number of carbonyl (C=O) groups is 1. The number of halogens is 1. The van der Waals surface area contributed by atoms with Crippen molar-refractivity contribution < 1.29 is 4.79 Å². The topological polar surface area (TPSA) is 98.0 Å².